The van der Waals surface area contributed by atoms with Crippen molar-refractivity contribution in [1.29, 1.82) is 0 Å². The van der Waals surface area contributed by atoms with E-state index in [0.717, 1.165) is 35.2 Å². The Morgan fingerprint density at radius 1 is 0.895 bits per heavy atom. The first-order valence-corrected chi connectivity index (χ1v) is 14.8. The molecule has 1 aromatic carbocycles. The first-order chi connectivity index (χ1) is 18.0. The Balaban J connectivity index is 1.52. The Labute approximate surface area is 215 Å². The molecule has 0 bridgehead atoms. The summed E-state index contributed by atoms with van der Waals surface area (Å²) in [5, 5.41) is 8.12. The summed E-state index contributed by atoms with van der Waals surface area (Å²) in [6, 6.07) is 11.5. The van der Waals surface area contributed by atoms with Crippen molar-refractivity contribution >= 4 is 41.8 Å². The van der Waals surface area contributed by atoms with Gasteiger partial charge in [-0.25, -0.2) is 35.2 Å². The summed E-state index contributed by atoms with van der Waals surface area (Å²) in [6.45, 7) is 0. The van der Waals surface area contributed by atoms with Crippen LogP contribution in [0.25, 0.3) is 55.8 Å². The lowest BCUT2D eigenvalue weighted by Crippen LogP contribution is -2.18. The molecule has 11 nitrogen and oxygen atoms in total. The topological polar surface area (TPSA) is 156 Å². The van der Waals surface area contributed by atoms with E-state index in [9.17, 15) is 21.2 Å². The number of hydrogen-bond acceptors (Lipinski definition) is 8. The predicted molar refractivity (Wildman–Crippen MR) is 139 cm³/mol. The Morgan fingerprint density at radius 2 is 1.66 bits per heavy atom. The number of rotatable bonds is 5. The van der Waals surface area contributed by atoms with E-state index in [0.29, 0.717) is 31.9 Å². The van der Waals surface area contributed by atoms with Crippen molar-refractivity contribution in [2.75, 3.05) is 12.5 Å². The molecule has 0 aliphatic heterocycles. The fourth-order valence-electron chi connectivity index (χ4n) is 4.36. The molecule has 6 aromatic rings. The maximum Gasteiger partial charge on any atom is 0.241 e. The van der Waals surface area contributed by atoms with Gasteiger partial charge in [-0.3, -0.25) is 10.1 Å². The normalized spacial score (nSPS) is 12.5. The molecule has 2 N–H and O–H groups in total. The second-order valence-electron chi connectivity index (χ2n) is 8.72. The van der Waals surface area contributed by atoms with Crippen LogP contribution in [0.1, 0.15) is 0 Å². The Kier molecular flexibility index (Phi) is 5.22. The van der Waals surface area contributed by atoms with E-state index in [-0.39, 0.29) is 17.2 Å². The highest BCUT2D eigenvalue weighted by Gasteiger charge is 2.26. The van der Waals surface area contributed by atoms with E-state index in [1.807, 2.05) is 12.1 Å². The second-order valence-corrected chi connectivity index (χ2v) is 12.5. The molecule has 0 aliphatic rings. The SMILES string of the molecule is CS(=O)(=O)c1ncc(-c2cc3c(-c4cc5c(-c6ccc(F)cc6)ccnc5[nH]4)n[nH]c3cn2)n1S(C)(=O)=O. The number of hydrogen-bond donors (Lipinski definition) is 2. The number of pyridine rings is 2. The summed E-state index contributed by atoms with van der Waals surface area (Å²) in [4.78, 5) is 15.8. The predicted octanol–water partition coefficient (Wildman–Crippen LogP) is 3.38. The van der Waals surface area contributed by atoms with Crippen molar-refractivity contribution in [2.45, 2.75) is 5.16 Å². The van der Waals surface area contributed by atoms with Crippen LogP contribution in [0.5, 0.6) is 0 Å². The average molecular weight is 552 g/mol. The molecule has 192 valence electrons. The first kappa shape index (κ1) is 23.9. The van der Waals surface area contributed by atoms with Gasteiger partial charge < -0.3 is 4.98 Å². The number of benzene rings is 1. The van der Waals surface area contributed by atoms with Gasteiger partial charge in [0.25, 0.3) is 0 Å². The minimum Gasteiger partial charge on any atom is -0.338 e. The van der Waals surface area contributed by atoms with Gasteiger partial charge in [0.15, 0.2) is 0 Å². The van der Waals surface area contributed by atoms with Crippen LogP contribution in [0.3, 0.4) is 0 Å². The largest absolute Gasteiger partial charge is 0.338 e. The molecule has 0 saturated carbocycles. The lowest BCUT2D eigenvalue weighted by molar-refractivity contribution is 0.574. The Hall–Kier alpha value is -4.43. The number of fused-ring (bicyclic) bond motifs is 2. The molecule has 38 heavy (non-hydrogen) atoms. The van der Waals surface area contributed by atoms with Crippen LogP contribution < -0.4 is 0 Å². The summed E-state index contributed by atoms with van der Waals surface area (Å²) in [5.74, 6) is -0.331. The standard InChI is InChI=1S/C24H18FN7O4S2/c1-37(33,34)24-28-12-21(32(24)38(2,35)36)18-10-17-20(11-27-18)30-31-22(17)19-9-16-15(7-8-26-23(16)29-19)13-3-5-14(25)6-4-13/h3-12H,1-2H3,(H,26,29)(H,30,31). The summed E-state index contributed by atoms with van der Waals surface area (Å²) in [7, 11) is -7.97. The van der Waals surface area contributed by atoms with Gasteiger partial charge in [-0.1, -0.05) is 12.1 Å². The molecular weight excluding hydrogens is 533 g/mol. The number of H-pyrrole nitrogens is 2. The summed E-state index contributed by atoms with van der Waals surface area (Å²) >= 11 is 0. The van der Waals surface area contributed by atoms with Crippen LogP contribution in [-0.4, -0.2) is 63.5 Å². The molecule has 6 rings (SSSR count). The molecule has 5 heterocycles. The molecule has 0 unspecified atom stereocenters. The van der Waals surface area contributed by atoms with E-state index in [4.69, 9.17) is 0 Å². The van der Waals surface area contributed by atoms with Crippen LogP contribution in [0.4, 0.5) is 4.39 Å². The molecule has 0 amide bonds. The molecule has 0 radical (unpaired) electrons. The molecule has 0 saturated heterocycles. The monoisotopic (exact) mass is 551 g/mol. The second kappa shape index (κ2) is 8.29. The van der Waals surface area contributed by atoms with Gasteiger partial charge in [-0.2, -0.15) is 5.10 Å². The minimum atomic E-state index is -4.03. The smallest absolute Gasteiger partial charge is 0.241 e. The zero-order valence-electron chi connectivity index (χ0n) is 19.8. The van der Waals surface area contributed by atoms with E-state index in [2.05, 4.69) is 30.1 Å². The van der Waals surface area contributed by atoms with Gasteiger partial charge in [0.05, 0.1) is 35.6 Å². The van der Waals surface area contributed by atoms with Crippen LogP contribution in [-0.2, 0) is 19.9 Å². The van der Waals surface area contributed by atoms with Gasteiger partial charge in [0.1, 0.15) is 22.9 Å². The summed E-state index contributed by atoms with van der Waals surface area (Å²) in [6.07, 6.45) is 6.07. The third-order valence-electron chi connectivity index (χ3n) is 6.00. The molecule has 5 aromatic heterocycles. The van der Waals surface area contributed by atoms with Gasteiger partial charge in [0, 0.05) is 23.2 Å². The zero-order chi connectivity index (χ0) is 26.8. The minimum absolute atomic E-state index is 0.00103. The summed E-state index contributed by atoms with van der Waals surface area (Å²) in [5.41, 5.74) is 4.17. The lowest BCUT2D eigenvalue weighted by atomic mass is 10.0. The molecule has 0 aliphatic carbocycles. The highest BCUT2D eigenvalue weighted by atomic mass is 32.2. The fourth-order valence-corrected chi connectivity index (χ4v) is 6.64. The van der Waals surface area contributed by atoms with E-state index >= 15 is 0 Å². The number of nitrogens with zero attached hydrogens (tertiary/aromatic N) is 5. The van der Waals surface area contributed by atoms with E-state index in [1.165, 1.54) is 18.3 Å². The number of imidazole rings is 1. The number of nitrogens with one attached hydrogen (secondary N) is 2. The van der Waals surface area contributed by atoms with Gasteiger partial charge in [-0.05, 0) is 41.5 Å². The first-order valence-electron chi connectivity index (χ1n) is 11.1. The highest BCUT2D eigenvalue weighted by molar-refractivity contribution is 7.92. The molecule has 0 fully saturated rings. The van der Waals surface area contributed by atoms with Crippen LogP contribution in [0.2, 0.25) is 0 Å². The number of sulfone groups is 1. The van der Waals surface area contributed by atoms with Crippen LogP contribution >= 0.6 is 0 Å². The molecule has 0 spiro atoms. The third-order valence-corrected chi connectivity index (χ3v) is 8.10. The lowest BCUT2D eigenvalue weighted by Gasteiger charge is -2.08. The molecule has 0 atom stereocenters. The Morgan fingerprint density at radius 3 is 2.37 bits per heavy atom. The third kappa shape index (κ3) is 3.94. The van der Waals surface area contributed by atoms with Crippen molar-refractivity contribution in [3.63, 3.8) is 0 Å². The molecule has 14 heteroatoms. The maximum absolute atomic E-state index is 13.5. The number of halogens is 1. The van der Waals surface area contributed by atoms with Gasteiger partial charge in [-0.15, -0.1) is 0 Å². The average Bonchev–Trinajstić information content (AvgIpc) is 3.59. The Bertz CT molecular complexity index is 2090. The van der Waals surface area contributed by atoms with E-state index < -0.39 is 25.0 Å². The summed E-state index contributed by atoms with van der Waals surface area (Å²) < 4.78 is 63.5. The van der Waals surface area contributed by atoms with Gasteiger partial charge >= 0.3 is 0 Å². The van der Waals surface area contributed by atoms with Crippen molar-refractivity contribution in [1.82, 2.24) is 34.1 Å². The maximum atomic E-state index is 13.5. The van der Waals surface area contributed by atoms with Crippen molar-refractivity contribution < 1.29 is 21.2 Å². The quantitative estimate of drug-likeness (QED) is 0.330. The number of aromatic nitrogens is 7. The number of aromatic amines is 2. The zero-order valence-corrected chi connectivity index (χ0v) is 21.5. The van der Waals surface area contributed by atoms with Crippen molar-refractivity contribution in [3.8, 4) is 33.9 Å². The van der Waals surface area contributed by atoms with Gasteiger partial charge in [0.2, 0.25) is 25.0 Å². The van der Waals surface area contributed by atoms with Crippen molar-refractivity contribution in [2.24, 2.45) is 0 Å². The van der Waals surface area contributed by atoms with Crippen LogP contribution in [0.15, 0.2) is 66.2 Å². The fraction of sp³-hybridized carbons (Fsp3) is 0.0833. The highest BCUT2D eigenvalue weighted by Crippen LogP contribution is 2.34. The van der Waals surface area contributed by atoms with E-state index in [1.54, 1.807) is 24.4 Å². The van der Waals surface area contributed by atoms with Crippen molar-refractivity contribution in [3.05, 3.63) is 66.9 Å². The molecular formula is C24H18FN7O4S2. The van der Waals surface area contributed by atoms with Crippen LogP contribution in [0, 0.1) is 5.82 Å².